The van der Waals surface area contributed by atoms with Crippen molar-refractivity contribution in [2.75, 3.05) is 44.9 Å². The van der Waals surface area contributed by atoms with Gasteiger partial charge in [-0.3, -0.25) is 0 Å². The van der Waals surface area contributed by atoms with Crippen LogP contribution in [0.25, 0.3) is 0 Å². The zero-order valence-electron chi connectivity index (χ0n) is 16.1. The number of nitrogens with zero attached hydrogens (tertiary/aromatic N) is 3. The summed E-state index contributed by atoms with van der Waals surface area (Å²) in [6.07, 6.45) is 2.78. The minimum Gasteiger partial charge on any atom is -0.493 e. The number of ether oxygens (including phenoxy) is 3. The molecule has 6 nitrogen and oxygen atoms in total. The Labute approximate surface area is 160 Å². The summed E-state index contributed by atoms with van der Waals surface area (Å²) < 4.78 is 16.9. The van der Waals surface area contributed by atoms with E-state index in [9.17, 15) is 0 Å². The van der Waals surface area contributed by atoms with E-state index in [2.05, 4.69) is 24.0 Å². The molecule has 0 amide bonds. The molecule has 27 heavy (non-hydrogen) atoms. The Morgan fingerprint density at radius 3 is 2.78 bits per heavy atom. The molecule has 2 aliphatic rings. The monoisotopic (exact) mass is 369 g/mol. The van der Waals surface area contributed by atoms with Crippen molar-refractivity contribution in [2.45, 2.75) is 26.2 Å². The lowest BCUT2D eigenvalue weighted by Gasteiger charge is -2.28. The molecule has 0 unspecified atom stereocenters. The van der Waals surface area contributed by atoms with Crippen molar-refractivity contribution >= 4 is 5.95 Å². The molecule has 2 aliphatic heterocycles. The molecule has 1 fully saturated rings. The summed E-state index contributed by atoms with van der Waals surface area (Å²) >= 11 is 0. The summed E-state index contributed by atoms with van der Waals surface area (Å²) in [6.45, 7) is 6.01. The number of para-hydroxylation sites is 1. The van der Waals surface area contributed by atoms with E-state index >= 15 is 0 Å². The van der Waals surface area contributed by atoms with Gasteiger partial charge in [0.15, 0.2) is 11.5 Å². The van der Waals surface area contributed by atoms with Crippen LogP contribution in [0.4, 0.5) is 5.95 Å². The lowest BCUT2D eigenvalue weighted by molar-refractivity contribution is 0.122. The number of hydrogen-bond donors (Lipinski definition) is 0. The number of rotatable bonds is 5. The highest BCUT2D eigenvalue weighted by atomic mass is 16.5. The molecule has 1 atom stereocenters. The maximum absolute atomic E-state index is 6.04. The van der Waals surface area contributed by atoms with E-state index in [0.717, 1.165) is 74.4 Å². The van der Waals surface area contributed by atoms with Gasteiger partial charge in [0, 0.05) is 30.4 Å². The summed E-state index contributed by atoms with van der Waals surface area (Å²) in [5.74, 6) is 2.95. The standard InChI is InChI=1S/C21H27N3O3/c1-3-17-13-18(23-21(22-17)24-7-9-26-10-8-24)12-15-11-16-5-4-6-19(25-2)20(16)27-14-15/h4-6,13,15H,3,7-12,14H2,1-2H3/t15-/m0/s1. The Morgan fingerprint density at radius 2 is 2.00 bits per heavy atom. The minimum absolute atomic E-state index is 0.404. The van der Waals surface area contributed by atoms with Crippen molar-refractivity contribution in [3.8, 4) is 11.5 Å². The van der Waals surface area contributed by atoms with Crippen molar-refractivity contribution in [1.29, 1.82) is 0 Å². The van der Waals surface area contributed by atoms with Gasteiger partial charge in [0.05, 0.1) is 26.9 Å². The zero-order valence-corrected chi connectivity index (χ0v) is 16.1. The van der Waals surface area contributed by atoms with E-state index in [-0.39, 0.29) is 0 Å². The number of hydrogen-bond acceptors (Lipinski definition) is 6. The quantitative estimate of drug-likeness (QED) is 0.808. The van der Waals surface area contributed by atoms with Crippen molar-refractivity contribution in [3.63, 3.8) is 0 Å². The first kappa shape index (κ1) is 18.0. The van der Waals surface area contributed by atoms with E-state index in [1.165, 1.54) is 5.56 Å². The van der Waals surface area contributed by atoms with Crippen LogP contribution in [0.15, 0.2) is 24.3 Å². The third-order valence-corrected chi connectivity index (χ3v) is 5.23. The number of methoxy groups -OCH3 is 1. The van der Waals surface area contributed by atoms with Crippen LogP contribution >= 0.6 is 0 Å². The van der Waals surface area contributed by atoms with E-state index in [0.29, 0.717) is 12.5 Å². The molecule has 144 valence electrons. The van der Waals surface area contributed by atoms with Gasteiger partial charge in [0.2, 0.25) is 5.95 Å². The largest absolute Gasteiger partial charge is 0.493 e. The second-order valence-corrected chi connectivity index (χ2v) is 7.14. The van der Waals surface area contributed by atoms with Crippen LogP contribution in [0.2, 0.25) is 0 Å². The van der Waals surface area contributed by atoms with Crippen LogP contribution < -0.4 is 14.4 Å². The molecule has 1 aromatic heterocycles. The molecule has 0 saturated carbocycles. The number of aromatic nitrogens is 2. The number of fused-ring (bicyclic) bond motifs is 1. The highest BCUT2D eigenvalue weighted by Gasteiger charge is 2.24. The van der Waals surface area contributed by atoms with Gasteiger partial charge in [0.1, 0.15) is 0 Å². The Balaban J connectivity index is 1.52. The van der Waals surface area contributed by atoms with Gasteiger partial charge in [-0.25, -0.2) is 9.97 Å². The van der Waals surface area contributed by atoms with Crippen molar-refractivity contribution in [3.05, 3.63) is 41.2 Å². The van der Waals surface area contributed by atoms with Gasteiger partial charge in [-0.1, -0.05) is 19.1 Å². The smallest absolute Gasteiger partial charge is 0.225 e. The fourth-order valence-corrected chi connectivity index (χ4v) is 3.77. The molecule has 1 saturated heterocycles. The lowest BCUT2D eigenvalue weighted by atomic mass is 9.92. The first-order chi connectivity index (χ1) is 13.3. The molecule has 4 rings (SSSR count). The van der Waals surface area contributed by atoms with E-state index in [1.807, 2.05) is 12.1 Å². The van der Waals surface area contributed by atoms with Crippen molar-refractivity contribution in [1.82, 2.24) is 9.97 Å². The molecule has 0 aliphatic carbocycles. The van der Waals surface area contributed by atoms with Crippen LogP contribution in [0, 0.1) is 5.92 Å². The van der Waals surface area contributed by atoms with Crippen LogP contribution in [0.3, 0.4) is 0 Å². The van der Waals surface area contributed by atoms with E-state index in [4.69, 9.17) is 24.2 Å². The Hall–Kier alpha value is -2.34. The Kier molecular flexibility index (Phi) is 5.43. The average Bonchev–Trinajstić information content (AvgIpc) is 2.73. The molecule has 1 aromatic carbocycles. The molecule has 2 aromatic rings. The second-order valence-electron chi connectivity index (χ2n) is 7.14. The summed E-state index contributed by atoms with van der Waals surface area (Å²) in [7, 11) is 1.69. The third kappa shape index (κ3) is 4.00. The van der Waals surface area contributed by atoms with E-state index < -0.39 is 0 Å². The maximum Gasteiger partial charge on any atom is 0.225 e. The SMILES string of the molecule is CCc1cc(C[C@H]2COc3c(cccc3OC)C2)nc(N2CCOCC2)n1. The van der Waals surface area contributed by atoms with Crippen LogP contribution in [0.5, 0.6) is 11.5 Å². The number of benzene rings is 1. The van der Waals surface area contributed by atoms with Gasteiger partial charge < -0.3 is 19.1 Å². The highest BCUT2D eigenvalue weighted by Crippen LogP contribution is 2.36. The molecule has 0 radical (unpaired) electrons. The van der Waals surface area contributed by atoms with E-state index in [1.54, 1.807) is 7.11 Å². The fourth-order valence-electron chi connectivity index (χ4n) is 3.77. The number of anilines is 1. The van der Waals surface area contributed by atoms with Gasteiger partial charge in [-0.05, 0) is 37.0 Å². The molecule has 0 spiro atoms. The van der Waals surface area contributed by atoms with Crippen LogP contribution in [-0.2, 0) is 24.0 Å². The Morgan fingerprint density at radius 1 is 1.19 bits per heavy atom. The van der Waals surface area contributed by atoms with Gasteiger partial charge in [0.25, 0.3) is 0 Å². The van der Waals surface area contributed by atoms with Gasteiger partial charge in [-0.15, -0.1) is 0 Å². The molecular formula is C21H27N3O3. The molecule has 6 heteroatoms. The summed E-state index contributed by atoms with van der Waals surface area (Å²) in [5.41, 5.74) is 3.41. The maximum atomic E-state index is 6.04. The second kappa shape index (κ2) is 8.13. The Bertz CT molecular complexity index is 790. The van der Waals surface area contributed by atoms with Crippen LogP contribution in [0.1, 0.15) is 23.9 Å². The summed E-state index contributed by atoms with van der Waals surface area (Å²) in [5, 5.41) is 0. The predicted molar refractivity (Wildman–Crippen MR) is 104 cm³/mol. The van der Waals surface area contributed by atoms with Gasteiger partial charge in [-0.2, -0.15) is 0 Å². The van der Waals surface area contributed by atoms with Crippen LogP contribution in [-0.4, -0.2) is 50.0 Å². The lowest BCUT2D eigenvalue weighted by Crippen LogP contribution is -2.37. The summed E-state index contributed by atoms with van der Waals surface area (Å²) in [6, 6.07) is 8.25. The first-order valence-electron chi connectivity index (χ1n) is 9.75. The predicted octanol–water partition coefficient (Wildman–Crippen LogP) is 2.68. The number of morpholine rings is 1. The van der Waals surface area contributed by atoms with Crippen molar-refractivity contribution in [2.24, 2.45) is 5.92 Å². The molecule has 0 N–H and O–H groups in total. The number of aryl methyl sites for hydroxylation is 1. The normalized spacial score (nSPS) is 19.3. The molecular weight excluding hydrogens is 342 g/mol. The van der Waals surface area contributed by atoms with Gasteiger partial charge >= 0.3 is 0 Å². The average molecular weight is 369 g/mol. The third-order valence-electron chi connectivity index (χ3n) is 5.23. The van der Waals surface area contributed by atoms with Crippen molar-refractivity contribution < 1.29 is 14.2 Å². The summed E-state index contributed by atoms with van der Waals surface area (Å²) in [4.78, 5) is 11.8. The molecule has 3 heterocycles. The fraction of sp³-hybridized carbons (Fsp3) is 0.524. The first-order valence-corrected chi connectivity index (χ1v) is 9.75. The molecule has 0 bridgehead atoms. The zero-order chi connectivity index (χ0) is 18.6. The minimum atomic E-state index is 0.404. The topological polar surface area (TPSA) is 56.7 Å². The highest BCUT2D eigenvalue weighted by molar-refractivity contribution is 5.47.